The highest BCUT2D eigenvalue weighted by molar-refractivity contribution is 5.93. The number of aryl methyl sites for hydroxylation is 1. The number of rotatable bonds is 4. The van der Waals surface area contributed by atoms with Crippen molar-refractivity contribution in [1.82, 2.24) is 4.90 Å². The van der Waals surface area contributed by atoms with Crippen LogP contribution in [0.1, 0.15) is 48.5 Å². The van der Waals surface area contributed by atoms with Gasteiger partial charge < -0.3 is 14.7 Å². The van der Waals surface area contributed by atoms with Crippen LogP contribution in [0.5, 0.6) is 5.75 Å². The van der Waals surface area contributed by atoms with Crippen molar-refractivity contribution < 1.29 is 19.4 Å². The lowest BCUT2D eigenvalue weighted by Crippen LogP contribution is -2.41. The van der Waals surface area contributed by atoms with Crippen LogP contribution in [0.15, 0.2) is 18.2 Å². The molecule has 1 aliphatic carbocycles. The van der Waals surface area contributed by atoms with Gasteiger partial charge in [0.15, 0.2) is 6.61 Å². The van der Waals surface area contributed by atoms with Gasteiger partial charge in [-0.05, 0) is 56.2 Å². The van der Waals surface area contributed by atoms with E-state index in [1.807, 2.05) is 6.92 Å². The first-order valence-electron chi connectivity index (χ1n) is 8.11. The van der Waals surface area contributed by atoms with Crippen molar-refractivity contribution in [2.45, 2.75) is 45.6 Å². The molecular formula is C18H25NO4. The van der Waals surface area contributed by atoms with E-state index in [1.54, 1.807) is 18.0 Å². The molecule has 1 fully saturated rings. The zero-order chi connectivity index (χ0) is 17.0. The van der Waals surface area contributed by atoms with Gasteiger partial charge in [-0.2, -0.15) is 0 Å². The first-order chi connectivity index (χ1) is 10.9. The molecule has 0 saturated heterocycles. The number of benzene rings is 1. The van der Waals surface area contributed by atoms with E-state index in [9.17, 15) is 14.7 Å². The van der Waals surface area contributed by atoms with Gasteiger partial charge in [0.1, 0.15) is 11.3 Å². The van der Waals surface area contributed by atoms with E-state index in [0.717, 1.165) is 37.2 Å². The molecule has 0 atom stereocenters. The maximum atomic E-state index is 12.2. The van der Waals surface area contributed by atoms with Crippen LogP contribution in [0.4, 0.5) is 0 Å². The summed E-state index contributed by atoms with van der Waals surface area (Å²) in [4.78, 5) is 25.8. The number of esters is 1. The molecular weight excluding hydrogens is 294 g/mol. The Labute approximate surface area is 137 Å². The van der Waals surface area contributed by atoms with Crippen molar-refractivity contribution in [2.75, 3.05) is 13.7 Å². The quantitative estimate of drug-likeness (QED) is 0.867. The van der Waals surface area contributed by atoms with Crippen LogP contribution in [0.25, 0.3) is 0 Å². The highest BCUT2D eigenvalue weighted by Crippen LogP contribution is 2.26. The second kappa shape index (κ2) is 7.49. The maximum Gasteiger partial charge on any atom is 0.342 e. The van der Waals surface area contributed by atoms with Crippen molar-refractivity contribution in [3.05, 3.63) is 29.3 Å². The first-order valence-corrected chi connectivity index (χ1v) is 8.11. The second-order valence-corrected chi connectivity index (χ2v) is 6.52. The molecule has 1 saturated carbocycles. The Kier molecular flexibility index (Phi) is 5.64. The minimum Gasteiger partial charge on any atom is -0.507 e. The van der Waals surface area contributed by atoms with Crippen molar-refractivity contribution in [3.8, 4) is 5.75 Å². The van der Waals surface area contributed by atoms with E-state index in [-0.39, 0.29) is 29.9 Å². The number of phenolic OH excluding ortho intramolecular Hbond substituents is 1. The van der Waals surface area contributed by atoms with Gasteiger partial charge in [0.2, 0.25) is 0 Å². The summed E-state index contributed by atoms with van der Waals surface area (Å²) in [6.07, 6.45) is 4.24. The van der Waals surface area contributed by atoms with Gasteiger partial charge in [0.25, 0.3) is 5.91 Å². The van der Waals surface area contributed by atoms with Crippen molar-refractivity contribution >= 4 is 11.9 Å². The molecule has 5 nitrogen and oxygen atoms in total. The van der Waals surface area contributed by atoms with Gasteiger partial charge in [0.05, 0.1) is 0 Å². The van der Waals surface area contributed by atoms with Crippen LogP contribution in [0.3, 0.4) is 0 Å². The fraction of sp³-hybridized carbons (Fsp3) is 0.556. The number of amides is 1. The van der Waals surface area contributed by atoms with Crippen molar-refractivity contribution in [2.24, 2.45) is 5.92 Å². The molecule has 0 heterocycles. The molecule has 0 unspecified atom stereocenters. The number of nitrogens with zero attached hydrogens (tertiary/aromatic N) is 1. The number of aromatic hydroxyl groups is 1. The summed E-state index contributed by atoms with van der Waals surface area (Å²) in [5, 5.41) is 9.77. The van der Waals surface area contributed by atoms with E-state index in [2.05, 4.69) is 6.92 Å². The molecule has 0 aliphatic heterocycles. The van der Waals surface area contributed by atoms with E-state index >= 15 is 0 Å². The number of hydrogen-bond acceptors (Lipinski definition) is 4. The summed E-state index contributed by atoms with van der Waals surface area (Å²) in [5.74, 6) is -0.291. The Balaban J connectivity index is 1.87. The molecule has 1 N–H and O–H groups in total. The lowest BCUT2D eigenvalue weighted by molar-refractivity contribution is -0.136. The molecule has 1 amide bonds. The number of carbonyl (C=O) groups is 2. The highest BCUT2D eigenvalue weighted by Gasteiger charge is 2.25. The fourth-order valence-corrected chi connectivity index (χ4v) is 2.95. The minimum absolute atomic E-state index is 0.0811. The van der Waals surface area contributed by atoms with Gasteiger partial charge in [-0.3, -0.25) is 4.79 Å². The maximum absolute atomic E-state index is 12.2. The van der Waals surface area contributed by atoms with Crippen LogP contribution in [0.2, 0.25) is 0 Å². The van der Waals surface area contributed by atoms with Crippen molar-refractivity contribution in [1.29, 1.82) is 0 Å². The summed E-state index contributed by atoms with van der Waals surface area (Å²) in [5.41, 5.74) is 0.930. The smallest absolute Gasteiger partial charge is 0.342 e. The number of carbonyl (C=O) groups excluding carboxylic acids is 2. The number of hydrogen-bond donors (Lipinski definition) is 1. The normalized spacial score (nSPS) is 20.8. The van der Waals surface area contributed by atoms with Crippen LogP contribution in [-0.4, -0.2) is 41.6 Å². The summed E-state index contributed by atoms with van der Waals surface area (Å²) >= 11 is 0. The number of likely N-dealkylation sites (N-methyl/N-ethyl adjacent to an activating group) is 1. The van der Waals surface area contributed by atoms with E-state index in [1.165, 1.54) is 12.1 Å². The summed E-state index contributed by atoms with van der Waals surface area (Å²) in [6, 6.07) is 4.94. The van der Waals surface area contributed by atoms with Crippen molar-refractivity contribution in [3.63, 3.8) is 0 Å². The Bertz CT molecular complexity index is 576. The van der Waals surface area contributed by atoms with E-state index in [0.29, 0.717) is 0 Å². The predicted octanol–water partition coefficient (Wildman–Crippen LogP) is 2.89. The van der Waals surface area contributed by atoms with Crippen LogP contribution in [-0.2, 0) is 9.53 Å². The zero-order valence-electron chi connectivity index (χ0n) is 14.0. The molecule has 1 aromatic carbocycles. The summed E-state index contributed by atoms with van der Waals surface area (Å²) in [7, 11) is 1.76. The lowest BCUT2D eigenvalue weighted by atomic mass is 9.87. The second-order valence-electron chi connectivity index (χ2n) is 6.52. The van der Waals surface area contributed by atoms with Crippen LogP contribution < -0.4 is 0 Å². The molecule has 0 spiro atoms. The molecule has 0 radical (unpaired) electrons. The minimum atomic E-state index is -0.679. The fourth-order valence-electron chi connectivity index (χ4n) is 2.95. The Hall–Kier alpha value is -2.04. The number of phenols is 1. The monoisotopic (exact) mass is 319 g/mol. The molecule has 1 aromatic rings. The molecule has 2 rings (SSSR count). The Morgan fingerprint density at radius 1 is 1.26 bits per heavy atom. The molecule has 126 valence electrons. The Morgan fingerprint density at radius 2 is 1.91 bits per heavy atom. The molecule has 0 bridgehead atoms. The van der Waals surface area contributed by atoms with Gasteiger partial charge in [0, 0.05) is 13.1 Å². The third-order valence-electron chi connectivity index (χ3n) is 4.63. The SMILES string of the molecule is Cc1ccc(C(=O)OCC(=O)N(C)C2CCC(C)CC2)c(O)c1. The van der Waals surface area contributed by atoms with Gasteiger partial charge >= 0.3 is 5.97 Å². The topological polar surface area (TPSA) is 66.8 Å². The largest absolute Gasteiger partial charge is 0.507 e. The van der Waals surface area contributed by atoms with Gasteiger partial charge in [-0.15, -0.1) is 0 Å². The van der Waals surface area contributed by atoms with Crippen LogP contribution in [0, 0.1) is 12.8 Å². The zero-order valence-corrected chi connectivity index (χ0v) is 14.0. The standard InChI is InChI=1S/C18H25NO4/c1-12-4-7-14(8-5-12)19(3)17(21)11-23-18(22)15-9-6-13(2)10-16(15)20/h6,9-10,12,14,20H,4-5,7-8,11H2,1-3H3. The first kappa shape index (κ1) is 17.3. The summed E-state index contributed by atoms with van der Waals surface area (Å²) < 4.78 is 5.05. The molecule has 5 heteroatoms. The van der Waals surface area contributed by atoms with Gasteiger partial charge in [-0.25, -0.2) is 4.79 Å². The lowest BCUT2D eigenvalue weighted by Gasteiger charge is -2.33. The average molecular weight is 319 g/mol. The third-order valence-corrected chi connectivity index (χ3v) is 4.63. The molecule has 23 heavy (non-hydrogen) atoms. The van der Waals surface area contributed by atoms with Gasteiger partial charge in [-0.1, -0.05) is 13.0 Å². The average Bonchev–Trinajstić information content (AvgIpc) is 2.52. The van der Waals surface area contributed by atoms with Crippen LogP contribution >= 0.6 is 0 Å². The predicted molar refractivity (Wildman–Crippen MR) is 87.3 cm³/mol. The Morgan fingerprint density at radius 3 is 2.52 bits per heavy atom. The third kappa shape index (κ3) is 4.47. The van der Waals surface area contributed by atoms with E-state index < -0.39 is 5.97 Å². The highest BCUT2D eigenvalue weighted by atomic mass is 16.5. The van der Waals surface area contributed by atoms with E-state index in [4.69, 9.17) is 4.74 Å². The number of ether oxygens (including phenoxy) is 1. The molecule has 1 aliphatic rings. The summed E-state index contributed by atoms with van der Waals surface area (Å²) in [6.45, 7) is 3.75. The molecule has 0 aromatic heterocycles.